The lowest BCUT2D eigenvalue weighted by molar-refractivity contribution is -0.131. The summed E-state index contributed by atoms with van der Waals surface area (Å²) in [5, 5.41) is 3.50. The molecule has 0 atom stereocenters. The zero-order valence-electron chi connectivity index (χ0n) is 16.4. The van der Waals surface area contributed by atoms with E-state index in [4.69, 9.17) is 4.98 Å². The highest BCUT2D eigenvalue weighted by Gasteiger charge is 2.19. The van der Waals surface area contributed by atoms with E-state index < -0.39 is 0 Å². The molecule has 0 unspecified atom stereocenters. The molecule has 1 aliphatic rings. The quantitative estimate of drug-likeness (QED) is 0.636. The second-order valence-corrected chi connectivity index (χ2v) is 8.15. The number of hydrogen-bond acceptors (Lipinski definition) is 4. The molecule has 0 spiro atoms. The molecule has 1 saturated heterocycles. The molecule has 150 valence electrons. The Balaban J connectivity index is 1.46. The van der Waals surface area contributed by atoms with E-state index in [1.165, 1.54) is 17.3 Å². The number of carbonyl (C=O) groups is 2. The van der Waals surface area contributed by atoms with Crippen molar-refractivity contribution in [3.8, 4) is 5.69 Å². The van der Waals surface area contributed by atoms with Crippen LogP contribution in [0.2, 0.25) is 0 Å². The Labute approximate surface area is 174 Å². The summed E-state index contributed by atoms with van der Waals surface area (Å²) in [6.45, 7) is 3.71. The van der Waals surface area contributed by atoms with E-state index in [9.17, 15) is 9.59 Å². The SMILES string of the molecule is Cc1ccc(-n2c(SCC(=O)NCC(=O)N3CCCC3)nc3ccccc32)cc1. The Bertz CT molecular complexity index is 1020. The number of fused-ring (bicyclic) bond motifs is 1. The summed E-state index contributed by atoms with van der Waals surface area (Å²) in [6.07, 6.45) is 2.09. The topological polar surface area (TPSA) is 67.2 Å². The molecule has 2 heterocycles. The third kappa shape index (κ3) is 4.45. The smallest absolute Gasteiger partial charge is 0.241 e. The van der Waals surface area contributed by atoms with Crippen molar-refractivity contribution in [2.75, 3.05) is 25.4 Å². The minimum atomic E-state index is -0.162. The van der Waals surface area contributed by atoms with Gasteiger partial charge in [-0.3, -0.25) is 14.2 Å². The number of para-hydroxylation sites is 2. The molecule has 3 aromatic rings. The van der Waals surface area contributed by atoms with E-state index in [1.54, 1.807) is 0 Å². The Morgan fingerprint density at radius 3 is 2.55 bits per heavy atom. The largest absolute Gasteiger partial charge is 0.346 e. The van der Waals surface area contributed by atoms with Crippen molar-refractivity contribution >= 4 is 34.6 Å². The number of aromatic nitrogens is 2. The van der Waals surface area contributed by atoms with Crippen molar-refractivity contribution in [2.24, 2.45) is 0 Å². The first kappa shape index (κ1) is 19.5. The Morgan fingerprint density at radius 1 is 1.07 bits per heavy atom. The number of carbonyl (C=O) groups excluding carboxylic acids is 2. The van der Waals surface area contributed by atoms with Gasteiger partial charge in [0.2, 0.25) is 11.8 Å². The van der Waals surface area contributed by atoms with Crippen molar-refractivity contribution in [1.82, 2.24) is 19.8 Å². The van der Waals surface area contributed by atoms with Crippen LogP contribution in [0, 0.1) is 6.92 Å². The lowest BCUT2D eigenvalue weighted by Gasteiger charge is -2.15. The van der Waals surface area contributed by atoms with Crippen LogP contribution in [0.4, 0.5) is 0 Å². The molecule has 6 nitrogen and oxygen atoms in total. The van der Waals surface area contributed by atoms with E-state index >= 15 is 0 Å². The van der Waals surface area contributed by atoms with Gasteiger partial charge in [-0.25, -0.2) is 4.98 Å². The summed E-state index contributed by atoms with van der Waals surface area (Å²) in [5.74, 6) is 0.0421. The standard InChI is InChI=1S/C22H24N4O2S/c1-16-8-10-17(11-9-16)26-19-7-3-2-6-18(19)24-22(26)29-15-20(27)23-14-21(28)25-12-4-5-13-25/h2-3,6-11H,4-5,12-15H2,1H3,(H,23,27). The first-order valence-corrected chi connectivity index (χ1v) is 10.8. The molecule has 7 heteroatoms. The van der Waals surface area contributed by atoms with Gasteiger partial charge >= 0.3 is 0 Å². The van der Waals surface area contributed by atoms with Crippen LogP contribution in [-0.4, -0.2) is 51.7 Å². The molecule has 29 heavy (non-hydrogen) atoms. The molecule has 2 aromatic carbocycles. The number of aryl methyl sites for hydroxylation is 1. The second kappa shape index (κ2) is 8.69. The molecule has 0 bridgehead atoms. The molecule has 1 aliphatic heterocycles. The van der Waals surface area contributed by atoms with E-state index in [1.807, 2.05) is 29.2 Å². The first-order chi connectivity index (χ1) is 14.1. The van der Waals surface area contributed by atoms with Crippen LogP contribution < -0.4 is 5.32 Å². The van der Waals surface area contributed by atoms with Crippen molar-refractivity contribution in [2.45, 2.75) is 24.9 Å². The average molecular weight is 409 g/mol. The van der Waals surface area contributed by atoms with E-state index in [2.05, 4.69) is 41.1 Å². The molecule has 0 saturated carbocycles. The number of rotatable bonds is 6. The van der Waals surface area contributed by atoms with Crippen LogP contribution in [-0.2, 0) is 9.59 Å². The molecule has 1 aromatic heterocycles. The summed E-state index contributed by atoms with van der Waals surface area (Å²) >= 11 is 1.38. The van der Waals surface area contributed by atoms with Crippen LogP contribution in [0.1, 0.15) is 18.4 Å². The summed E-state index contributed by atoms with van der Waals surface area (Å²) in [6, 6.07) is 16.2. The van der Waals surface area contributed by atoms with Crippen molar-refractivity contribution < 1.29 is 9.59 Å². The van der Waals surface area contributed by atoms with Crippen molar-refractivity contribution in [1.29, 1.82) is 0 Å². The van der Waals surface area contributed by atoms with Crippen LogP contribution in [0.3, 0.4) is 0 Å². The molecule has 2 amide bonds. The third-order valence-electron chi connectivity index (χ3n) is 5.05. The van der Waals surface area contributed by atoms with Gasteiger partial charge in [0.05, 0.1) is 23.3 Å². The highest BCUT2D eigenvalue weighted by Crippen LogP contribution is 2.28. The maximum Gasteiger partial charge on any atom is 0.241 e. The number of nitrogens with one attached hydrogen (secondary N) is 1. The van der Waals surface area contributed by atoms with E-state index in [0.717, 1.165) is 47.8 Å². The molecule has 0 aliphatic carbocycles. The average Bonchev–Trinajstić information content (AvgIpc) is 3.39. The minimum Gasteiger partial charge on any atom is -0.346 e. The number of hydrogen-bond donors (Lipinski definition) is 1. The van der Waals surface area contributed by atoms with Crippen LogP contribution >= 0.6 is 11.8 Å². The van der Waals surface area contributed by atoms with Gasteiger partial charge in [-0.1, -0.05) is 41.6 Å². The summed E-state index contributed by atoms with van der Waals surface area (Å²) in [5.41, 5.74) is 4.09. The lowest BCUT2D eigenvalue weighted by Crippen LogP contribution is -2.39. The Hall–Kier alpha value is -2.80. The van der Waals surface area contributed by atoms with Gasteiger partial charge in [-0.2, -0.15) is 0 Å². The van der Waals surface area contributed by atoms with Gasteiger partial charge in [-0.15, -0.1) is 0 Å². The third-order valence-corrected chi connectivity index (χ3v) is 5.99. The maximum absolute atomic E-state index is 12.3. The number of benzene rings is 2. The van der Waals surface area contributed by atoms with Gasteiger partial charge in [0.1, 0.15) is 0 Å². The van der Waals surface area contributed by atoms with Crippen LogP contribution in [0.5, 0.6) is 0 Å². The fraction of sp³-hybridized carbons (Fsp3) is 0.318. The highest BCUT2D eigenvalue weighted by atomic mass is 32.2. The summed E-state index contributed by atoms with van der Waals surface area (Å²) in [4.78, 5) is 30.9. The number of amides is 2. The van der Waals surface area contributed by atoms with Gasteiger partial charge in [0, 0.05) is 18.8 Å². The second-order valence-electron chi connectivity index (χ2n) is 7.21. The number of nitrogens with zero attached hydrogens (tertiary/aromatic N) is 3. The number of thioether (sulfide) groups is 1. The van der Waals surface area contributed by atoms with Crippen molar-refractivity contribution in [3.05, 3.63) is 54.1 Å². The fourth-order valence-electron chi connectivity index (χ4n) is 3.48. The molecular formula is C22H24N4O2S. The molecule has 0 radical (unpaired) electrons. The maximum atomic E-state index is 12.3. The predicted octanol–water partition coefficient (Wildman–Crippen LogP) is 3.16. The van der Waals surface area contributed by atoms with Gasteiger partial charge in [0.25, 0.3) is 0 Å². The number of imidazole rings is 1. The highest BCUT2D eigenvalue weighted by molar-refractivity contribution is 7.99. The molecule has 4 rings (SSSR count). The van der Waals surface area contributed by atoms with Gasteiger partial charge < -0.3 is 10.2 Å². The molecule has 1 fully saturated rings. The monoisotopic (exact) mass is 408 g/mol. The summed E-state index contributed by atoms with van der Waals surface area (Å²) < 4.78 is 2.07. The van der Waals surface area contributed by atoms with Crippen molar-refractivity contribution in [3.63, 3.8) is 0 Å². The zero-order chi connectivity index (χ0) is 20.2. The molecule has 1 N–H and O–H groups in total. The normalized spacial score (nSPS) is 13.8. The summed E-state index contributed by atoms with van der Waals surface area (Å²) in [7, 11) is 0. The van der Waals surface area contributed by atoms with Crippen LogP contribution in [0.15, 0.2) is 53.7 Å². The van der Waals surface area contributed by atoms with E-state index in [-0.39, 0.29) is 24.1 Å². The minimum absolute atomic E-state index is 0.00672. The van der Waals surface area contributed by atoms with Crippen LogP contribution in [0.25, 0.3) is 16.7 Å². The fourth-order valence-corrected chi connectivity index (χ4v) is 4.34. The predicted molar refractivity (Wildman–Crippen MR) is 115 cm³/mol. The van der Waals surface area contributed by atoms with Gasteiger partial charge in [0.15, 0.2) is 5.16 Å². The molecular weight excluding hydrogens is 384 g/mol. The zero-order valence-corrected chi connectivity index (χ0v) is 17.2. The first-order valence-electron chi connectivity index (χ1n) is 9.83. The Morgan fingerprint density at radius 2 is 1.79 bits per heavy atom. The Kier molecular flexibility index (Phi) is 5.85. The number of likely N-dealkylation sites (tertiary alicyclic amines) is 1. The lowest BCUT2D eigenvalue weighted by atomic mass is 10.2. The van der Waals surface area contributed by atoms with Gasteiger partial charge in [-0.05, 0) is 44.0 Å². The van der Waals surface area contributed by atoms with E-state index in [0.29, 0.717) is 0 Å².